The molecule has 0 radical (unpaired) electrons. The molecular formula is C26H23NO5. The van der Waals surface area contributed by atoms with Crippen molar-refractivity contribution in [3.8, 4) is 22.8 Å². The average Bonchev–Trinajstić information content (AvgIpc) is 3.33. The summed E-state index contributed by atoms with van der Waals surface area (Å²) in [5.74, 6) is 2.04. The zero-order valence-electron chi connectivity index (χ0n) is 17.6. The highest BCUT2D eigenvalue weighted by Crippen LogP contribution is 2.34. The number of furan rings is 1. The number of methoxy groups -OCH3 is 1. The van der Waals surface area contributed by atoms with Crippen molar-refractivity contribution in [3.63, 3.8) is 0 Å². The molecule has 4 rings (SSSR count). The first-order chi connectivity index (χ1) is 15.7. The molecule has 3 aromatic carbocycles. The summed E-state index contributed by atoms with van der Waals surface area (Å²) in [6.07, 6.45) is 0. The van der Waals surface area contributed by atoms with Gasteiger partial charge in [-0.25, -0.2) is 0 Å². The third kappa shape index (κ3) is 4.99. The molecule has 0 saturated heterocycles. The molecule has 0 aliphatic heterocycles. The quantitative estimate of drug-likeness (QED) is 0.398. The topological polar surface area (TPSA) is 80.9 Å². The van der Waals surface area contributed by atoms with Gasteiger partial charge in [-0.2, -0.15) is 0 Å². The van der Waals surface area contributed by atoms with Crippen molar-refractivity contribution < 1.29 is 23.8 Å². The van der Waals surface area contributed by atoms with Crippen LogP contribution in [0.15, 0.2) is 89.3 Å². The molecule has 0 bridgehead atoms. The standard InChI is InChI=1S/C26H23NO5/c1-30-24-13-9-20(15-23(24)25-14-12-22(16-28)32-25)27-26(29)19-7-10-21(11-8-19)31-17-18-5-3-2-4-6-18/h2-15,28H,16-17H2,1H3,(H,27,29). The summed E-state index contributed by atoms with van der Waals surface area (Å²) in [5.41, 5.74) is 2.86. The number of hydrogen-bond acceptors (Lipinski definition) is 5. The number of aliphatic hydroxyl groups excluding tert-OH is 1. The van der Waals surface area contributed by atoms with Crippen LogP contribution < -0.4 is 14.8 Å². The van der Waals surface area contributed by atoms with Crippen LogP contribution in [-0.4, -0.2) is 18.1 Å². The predicted octanol–water partition coefficient (Wildman–Crippen LogP) is 5.28. The maximum atomic E-state index is 12.7. The second-order valence-electron chi connectivity index (χ2n) is 7.09. The van der Waals surface area contributed by atoms with Crippen molar-refractivity contribution in [1.29, 1.82) is 0 Å². The van der Waals surface area contributed by atoms with Gasteiger partial charge in [-0.15, -0.1) is 0 Å². The van der Waals surface area contributed by atoms with E-state index in [0.29, 0.717) is 46.4 Å². The van der Waals surface area contributed by atoms with E-state index >= 15 is 0 Å². The predicted molar refractivity (Wildman–Crippen MR) is 122 cm³/mol. The number of ether oxygens (including phenoxy) is 2. The highest BCUT2D eigenvalue weighted by molar-refractivity contribution is 6.04. The van der Waals surface area contributed by atoms with Gasteiger partial charge in [0.1, 0.15) is 36.2 Å². The fourth-order valence-corrected chi connectivity index (χ4v) is 3.23. The van der Waals surface area contributed by atoms with E-state index in [4.69, 9.17) is 13.9 Å². The lowest BCUT2D eigenvalue weighted by atomic mass is 10.1. The largest absolute Gasteiger partial charge is 0.496 e. The van der Waals surface area contributed by atoms with Crippen molar-refractivity contribution in [1.82, 2.24) is 0 Å². The molecular weight excluding hydrogens is 406 g/mol. The summed E-state index contributed by atoms with van der Waals surface area (Å²) in [5, 5.41) is 12.1. The van der Waals surface area contributed by atoms with E-state index in [9.17, 15) is 9.90 Å². The number of carbonyl (C=O) groups is 1. The maximum Gasteiger partial charge on any atom is 0.255 e. The molecule has 6 nitrogen and oxygen atoms in total. The fraction of sp³-hybridized carbons (Fsp3) is 0.115. The molecule has 0 fully saturated rings. The molecule has 4 aromatic rings. The van der Waals surface area contributed by atoms with Crippen molar-refractivity contribution in [2.24, 2.45) is 0 Å². The highest BCUT2D eigenvalue weighted by atomic mass is 16.5. The maximum absolute atomic E-state index is 12.7. The Labute approximate surface area is 186 Å². The lowest BCUT2D eigenvalue weighted by molar-refractivity contribution is 0.102. The Hall–Kier alpha value is -4.03. The number of rotatable bonds is 8. The van der Waals surface area contributed by atoms with Crippen LogP contribution in [0.2, 0.25) is 0 Å². The number of hydrogen-bond donors (Lipinski definition) is 2. The lowest BCUT2D eigenvalue weighted by Gasteiger charge is -2.11. The highest BCUT2D eigenvalue weighted by Gasteiger charge is 2.13. The molecule has 2 N–H and O–H groups in total. The van der Waals surface area contributed by atoms with E-state index in [2.05, 4.69) is 5.32 Å². The Morgan fingerprint density at radius 3 is 2.44 bits per heavy atom. The van der Waals surface area contributed by atoms with Crippen LogP contribution in [0.1, 0.15) is 21.7 Å². The molecule has 1 amide bonds. The first-order valence-electron chi connectivity index (χ1n) is 10.1. The molecule has 1 heterocycles. The van der Waals surface area contributed by atoms with Crippen molar-refractivity contribution in [3.05, 3.63) is 102 Å². The second-order valence-corrected chi connectivity index (χ2v) is 7.09. The van der Waals surface area contributed by atoms with E-state index in [1.807, 2.05) is 30.3 Å². The van der Waals surface area contributed by atoms with Crippen LogP contribution in [0.25, 0.3) is 11.3 Å². The molecule has 162 valence electrons. The number of aliphatic hydroxyl groups is 1. The molecule has 32 heavy (non-hydrogen) atoms. The van der Waals surface area contributed by atoms with E-state index in [1.165, 1.54) is 0 Å². The molecule has 0 unspecified atom stereocenters. The zero-order chi connectivity index (χ0) is 22.3. The third-order valence-electron chi connectivity index (χ3n) is 4.91. The minimum Gasteiger partial charge on any atom is -0.496 e. The number of carbonyl (C=O) groups excluding carboxylic acids is 1. The van der Waals surface area contributed by atoms with Gasteiger partial charge in [-0.3, -0.25) is 4.79 Å². The van der Waals surface area contributed by atoms with E-state index in [-0.39, 0.29) is 12.5 Å². The minimum absolute atomic E-state index is 0.191. The summed E-state index contributed by atoms with van der Waals surface area (Å²) in [6, 6.07) is 25.6. The van der Waals surface area contributed by atoms with Crippen LogP contribution in [-0.2, 0) is 13.2 Å². The molecule has 0 aliphatic carbocycles. The van der Waals surface area contributed by atoms with Gasteiger partial charge < -0.3 is 24.3 Å². The van der Waals surface area contributed by atoms with Crippen LogP contribution in [0.3, 0.4) is 0 Å². The van der Waals surface area contributed by atoms with E-state index in [0.717, 1.165) is 5.56 Å². The Morgan fingerprint density at radius 2 is 1.75 bits per heavy atom. The van der Waals surface area contributed by atoms with E-state index in [1.54, 1.807) is 61.7 Å². The van der Waals surface area contributed by atoms with Gasteiger partial charge in [-0.05, 0) is 60.2 Å². The normalized spacial score (nSPS) is 10.6. The van der Waals surface area contributed by atoms with Crippen LogP contribution in [0, 0.1) is 0 Å². The van der Waals surface area contributed by atoms with Crippen LogP contribution in [0.5, 0.6) is 11.5 Å². The third-order valence-corrected chi connectivity index (χ3v) is 4.91. The lowest BCUT2D eigenvalue weighted by Crippen LogP contribution is -2.11. The zero-order valence-corrected chi connectivity index (χ0v) is 17.6. The van der Waals surface area contributed by atoms with Crippen molar-refractivity contribution >= 4 is 11.6 Å². The fourth-order valence-electron chi connectivity index (χ4n) is 3.23. The van der Waals surface area contributed by atoms with Crippen molar-refractivity contribution in [2.45, 2.75) is 13.2 Å². The van der Waals surface area contributed by atoms with Crippen LogP contribution >= 0.6 is 0 Å². The molecule has 0 spiro atoms. The van der Waals surface area contributed by atoms with Crippen LogP contribution in [0.4, 0.5) is 5.69 Å². The van der Waals surface area contributed by atoms with Gasteiger partial charge in [0.2, 0.25) is 0 Å². The van der Waals surface area contributed by atoms with Gasteiger partial charge in [0.15, 0.2) is 0 Å². The first kappa shape index (κ1) is 21.2. The second kappa shape index (κ2) is 9.85. The Balaban J connectivity index is 1.44. The van der Waals surface area contributed by atoms with Crippen molar-refractivity contribution in [2.75, 3.05) is 12.4 Å². The Kier molecular flexibility index (Phi) is 6.53. The Bertz CT molecular complexity index is 1180. The monoisotopic (exact) mass is 429 g/mol. The molecule has 0 saturated carbocycles. The molecule has 1 aromatic heterocycles. The minimum atomic E-state index is -0.244. The molecule has 0 aliphatic rings. The number of benzene rings is 3. The summed E-state index contributed by atoms with van der Waals surface area (Å²) in [6.45, 7) is 0.273. The SMILES string of the molecule is COc1ccc(NC(=O)c2ccc(OCc3ccccc3)cc2)cc1-c1ccc(CO)o1. The van der Waals surface area contributed by atoms with Gasteiger partial charge in [0, 0.05) is 11.3 Å². The van der Waals surface area contributed by atoms with Gasteiger partial charge in [-0.1, -0.05) is 30.3 Å². The summed E-state index contributed by atoms with van der Waals surface area (Å²) >= 11 is 0. The Morgan fingerprint density at radius 1 is 0.969 bits per heavy atom. The number of amides is 1. The number of nitrogens with one attached hydrogen (secondary N) is 1. The summed E-state index contributed by atoms with van der Waals surface area (Å²) in [7, 11) is 1.56. The van der Waals surface area contributed by atoms with Gasteiger partial charge in [0.25, 0.3) is 5.91 Å². The molecule has 0 atom stereocenters. The smallest absolute Gasteiger partial charge is 0.255 e. The molecule has 6 heteroatoms. The average molecular weight is 429 g/mol. The summed E-state index contributed by atoms with van der Waals surface area (Å²) in [4.78, 5) is 12.7. The summed E-state index contributed by atoms with van der Waals surface area (Å²) < 4.78 is 16.8. The number of anilines is 1. The van der Waals surface area contributed by atoms with Gasteiger partial charge >= 0.3 is 0 Å². The van der Waals surface area contributed by atoms with E-state index < -0.39 is 0 Å². The van der Waals surface area contributed by atoms with Gasteiger partial charge in [0.05, 0.1) is 12.7 Å². The first-order valence-corrected chi connectivity index (χ1v) is 10.1.